The largest absolute Gasteiger partial charge is 0.317 e. The smallest absolute Gasteiger partial charge is 0.0110 e. The summed E-state index contributed by atoms with van der Waals surface area (Å²) in [6.07, 6.45) is 8.53. The van der Waals surface area contributed by atoms with Crippen molar-refractivity contribution in [1.82, 2.24) is 10.2 Å². The summed E-state index contributed by atoms with van der Waals surface area (Å²) in [7, 11) is 2.16. The van der Waals surface area contributed by atoms with Crippen molar-refractivity contribution >= 4 is 0 Å². The molecule has 0 bridgehead atoms. The van der Waals surface area contributed by atoms with Crippen LogP contribution in [0.25, 0.3) is 0 Å². The summed E-state index contributed by atoms with van der Waals surface area (Å²) in [4.78, 5) is 2.74. The second-order valence-electron chi connectivity index (χ2n) is 6.83. The summed E-state index contributed by atoms with van der Waals surface area (Å²) >= 11 is 0. The van der Waals surface area contributed by atoms with Crippen molar-refractivity contribution in [2.45, 2.75) is 58.4 Å². The van der Waals surface area contributed by atoms with Crippen molar-refractivity contribution in [3.05, 3.63) is 0 Å². The molecular weight excluding hydrogens is 220 g/mol. The fourth-order valence-electron chi connectivity index (χ4n) is 4.17. The van der Waals surface area contributed by atoms with Crippen LogP contribution in [0.1, 0.15) is 52.4 Å². The second kappa shape index (κ2) is 6.91. The van der Waals surface area contributed by atoms with Crippen molar-refractivity contribution in [2.75, 3.05) is 26.7 Å². The van der Waals surface area contributed by atoms with Gasteiger partial charge in [0.1, 0.15) is 0 Å². The maximum absolute atomic E-state index is 3.59. The van der Waals surface area contributed by atoms with E-state index < -0.39 is 0 Å². The minimum Gasteiger partial charge on any atom is -0.317 e. The van der Waals surface area contributed by atoms with Crippen LogP contribution in [0, 0.1) is 17.8 Å². The second-order valence-corrected chi connectivity index (χ2v) is 6.83. The van der Waals surface area contributed by atoms with Gasteiger partial charge in [-0.3, -0.25) is 0 Å². The molecule has 0 spiro atoms. The molecule has 4 unspecified atom stereocenters. The highest BCUT2D eigenvalue weighted by atomic mass is 15.1. The Morgan fingerprint density at radius 2 is 1.67 bits per heavy atom. The zero-order valence-electron chi connectivity index (χ0n) is 12.6. The van der Waals surface area contributed by atoms with Gasteiger partial charge >= 0.3 is 0 Å². The quantitative estimate of drug-likeness (QED) is 0.830. The molecule has 0 amide bonds. The minimum absolute atomic E-state index is 0.743. The highest BCUT2D eigenvalue weighted by Gasteiger charge is 2.34. The van der Waals surface area contributed by atoms with E-state index in [2.05, 4.69) is 31.1 Å². The van der Waals surface area contributed by atoms with Gasteiger partial charge in [0.05, 0.1) is 0 Å². The summed E-state index contributed by atoms with van der Waals surface area (Å²) in [6.45, 7) is 8.91. The number of hydrogen-bond acceptors (Lipinski definition) is 2. The Hall–Kier alpha value is -0.0800. The van der Waals surface area contributed by atoms with Crippen molar-refractivity contribution < 1.29 is 0 Å². The molecule has 1 aliphatic carbocycles. The normalized spacial score (nSPS) is 39.5. The molecule has 1 saturated heterocycles. The van der Waals surface area contributed by atoms with E-state index in [1.807, 2.05) is 0 Å². The van der Waals surface area contributed by atoms with Crippen molar-refractivity contribution in [3.8, 4) is 0 Å². The lowest BCUT2D eigenvalue weighted by Crippen LogP contribution is -2.48. The Kier molecular flexibility index (Phi) is 5.50. The molecule has 4 atom stereocenters. The van der Waals surface area contributed by atoms with E-state index >= 15 is 0 Å². The number of likely N-dealkylation sites (tertiary alicyclic amines) is 1. The Morgan fingerprint density at radius 1 is 1.00 bits per heavy atom. The van der Waals surface area contributed by atoms with Gasteiger partial charge in [-0.05, 0) is 63.6 Å². The fraction of sp³-hybridized carbons (Fsp3) is 1.00. The Morgan fingerprint density at radius 3 is 2.28 bits per heavy atom. The van der Waals surface area contributed by atoms with Crippen molar-refractivity contribution in [3.63, 3.8) is 0 Å². The summed E-state index contributed by atoms with van der Waals surface area (Å²) in [5, 5.41) is 3.59. The Bertz CT molecular complexity index is 233. The van der Waals surface area contributed by atoms with E-state index in [9.17, 15) is 0 Å². The number of hydrogen-bond donors (Lipinski definition) is 1. The highest BCUT2D eigenvalue weighted by Crippen LogP contribution is 2.34. The SMILES string of the molecule is CNC1CC(C)CC(C)C1CN1CCCCCC1. The van der Waals surface area contributed by atoms with Gasteiger partial charge in [-0.2, -0.15) is 0 Å². The molecule has 2 fully saturated rings. The van der Waals surface area contributed by atoms with Gasteiger partial charge in [-0.15, -0.1) is 0 Å². The van der Waals surface area contributed by atoms with Gasteiger partial charge in [0, 0.05) is 12.6 Å². The molecule has 1 aliphatic heterocycles. The first-order chi connectivity index (χ1) is 8.70. The number of nitrogens with one attached hydrogen (secondary N) is 1. The first kappa shape index (κ1) is 14.3. The lowest BCUT2D eigenvalue weighted by molar-refractivity contribution is 0.106. The molecule has 18 heavy (non-hydrogen) atoms. The third-order valence-electron chi connectivity index (χ3n) is 5.22. The zero-order valence-corrected chi connectivity index (χ0v) is 12.6. The predicted octanol–water partition coefficient (Wildman–Crippen LogP) is 3.13. The average molecular weight is 252 g/mol. The summed E-state index contributed by atoms with van der Waals surface area (Å²) in [5.41, 5.74) is 0. The standard InChI is InChI=1S/C16H32N2/c1-13-10-14(2)15(16(11-13)17-3)12-18-8-6-4-5-7-9-18/h13-17H,4-12H2,1-3H3. The van der Waals surface area contributed by atoms with E-state index in [-0.39, 0.29) is 0 Å². The molecule has 2 nitrogen and oxygen atoms in total. The predicted molar refractivity (Wildman–Crippen MR) is 78.8 cm³/mol. The number of rotatable bonds is 3. The topological polar surface area (TPSA) is 15.3 Å². The van der Waals surface area contributed by atoms with Gasteiger partial charge in [-0.25, -0.2) is 0 Å². The number of nitrogens with zero attached hydrogens (tertiary/aromatic N) is 1. The average Bonchev–Trinajstić information content (AvgIpc) is 2.60. The lowest BCUT2D eigenvalue weighted by atomic mass is 9.72. The summed E-state index contributed by atoms with van der Waals surface area (Å²) < 4.78 is 0. The Labute approximate surface area is 114 Å². The molecule has 2 rings (SSSR count). The van der Waals surface area contributed by atoms with Crippen LogP contribution in [0.3, 0.4) is 0 Å². The summed E-state index contributed by atoms with van der Waals surface area (Å²) in [5.74, 6) is 2.65. The summed E-state index contributed by atoms with van der Waals surface area (Å²) in [6, 6.07) is 0.743. The van der Waals surface area contributed by atoms with Gasteiger partial charge in [0.2, 0.25) is 0 Å². The molecule has 1 saturated carbocycles. The third-order valence-corrected chi connectivity index (χ3v) is 5.22. The van der Waals surface area contributed by atoms with Crippen LogP contribution in [0.15, 0.2) is 0 Å². The molecule has 0 aromatic heterocycles. The van der Waals surface area contributed by atoms with Gasteiger partial charge in [-0.1, -0.05) is 26.7 Å². The monoisotopic (exact) mass is 252 g/mol. The molecule has 1 heterocycles. The van der Waals surface area contributed by atoms with Gasteiger partial charge in [0.25, 0.3) is 0 Å². The van der Waals surface area contributed by atoms with Crippen LogP contribution >= 0.6 is 0 Å². The van der Waals surface area contributed by atoms with Crippen LogP contribution in [0.2, 0.25) is 0 Å². The molecule has 0 aromatic rings. The van der Waals surface area contributed by atoms with Gasteiger partial charge in [0.15, 0.2) is 0 Å². The van der Waals surface area contributed by atoms with Crippen LogP contribution < -0.4 is 5.32 Å². The maximum Gasteiger partial charge on any atom is 0.0110 e. The van der Waals surface area contributed by atoms with E-state index in [4.69, 9.17) is 0 Å². The first-order valence-corrected chi connectivity index (χ1v) is 8.10. The van der Waals surface area contributed by atoms with Gasteiger partial charge < -0.3 is 10.2 Å². The van der Waals surface area contributed by atoms with E-state index in [0.29, 0.717) is 0 Å². The Balaban J connectivity index is 1.92. The lowest BCUT2D eigenvalue weighted by Gasteiger charge is -2.42. The van der Waals surface area contributed by atoms with Crippen LogP contribution in [0.4, 0.5) is 0 Å². The van der Waals surface area contributed by atoms with Crippen LogP contribution in [0.5, 0.6) is 0 Å². The maximum atomic E-state index is 3.59. The molecule has 2 aliphatic rings. The van der Waals surface area contributed by atoms with Crippen molar-refractivity contribution in [2.24, 2.45) is 17.8 Å². The van der Waals surface area contributed by atoms with Crippen LogP contribution in [-0.2, 0) is 0 Å². The third kappa shape index (κ3) is 3.71. The molecule has 1 N–H and O–H groups in total. The molecule has 0 radical (unpaired) electrons. The molecule has 0 aromatic carbocycles. The highest BCUT2D eigenvalue weighted by molar-refractivity contribution is 4.88. The van der Waals surface area contributed by atoms with E-state index in [0.717, 1.165) is 23.8 Å². The molecule has 2 heteroatoms. The van der Waals surface area contributed by atoms with E-state index in [1.54, 1.807) is 0 Å². The first-order valence-electron chi connectivity index (χ1n) is 8.10. The molecular formula is C16H32N2. The van der Waals surface area contributed by atoms with Crippen molar-refractivity contribution in [1.29, 1.82) is 0 Å². The molecule has 106 valence electrons. The van der Waals surface area contributed by atoms with E-state index in [1.165, 1.54) is 58.2 Å². The zero-order chi connectivity index (χ0) is 13.0. The fourth-order valence-corrected chi connectivity index (χ4v) is 4.17. The van der Waals surface area contributed by atoms with Crippen LogP contribution in [-0.4, -0.2) is 37.6 Å². The minimum atomic E-state index is 0.743.